The van der Waals surface area contributed by atoms with Gasteiger partial charge >= 0.3 is 5.97 Å². The van der Waals surface area contributed by atoms with E-state index in [0.717, 1.165) is 5.56 Å². The maximum atomic E-state index is 12.5. The Bertz CT molecular complexity index is 797. The molecule has 1 amide bonds. The fourth-order valence-corrected chi connectivity index (χ4v) is 2.73. The highest BCUT2D eigenvalue weighted by atomic mass is 35.5. The standard InChI is InChI=1S/C19H24ClN3O3/c1-11(2)10-23-17(20)16(13(4)22-23)19(25)26-14(5)18(24)21-15-8-6-12(3)7-9-15/h6-9,11,14H,10H2,1-5H3,(H,21,24)/t14-/m1/s1. The van der Waals surface area contributed by atoms with Crippen LogP contribution in [0.3, 0.4) is 0 Å². The Morgan fingerprint density at radius 2 is 1.81 bits per heavy atom. The van der Waals surface area contributed by atoms with E-state index < -0.39 is 18.0 Å². The number of carbonyl (C=O) groups excluding carboxylic acids is 2. The van der Waals surface area contributed by atoms with Crippen molar-refractivity contribution >= 4 is 29.2 Å². The van der Waals surface area contributed by atoms with Gasteiger partial charge in [0, 0.05) is 12.2 Å². The maximum absolute atomic E-state index is 12.5. The molecule has 0 radical (unpaired) electrons. The molecule has 1 heterocycles. The summed E-state index contributed by atoms with van der Waals surface area (Å²) in [6, 6.07) is 7.36. The van der Waals surface area contributed by atoms with Crippen molar-refractivity contribution in [2.75, 3.05) is 5.32 Å². The molecule has 1 aromatic heterocycles. The van der Waals surface area contributed by atoms with E-state index in [0.29, 0.717) is 23.8 Å². The summed E-state index contributed by atoms with van der Waals surface area (Å²) in [5, 5.41) is 7.23. The van der Waals surface area contributed by atoms with E-state index in [2.05, 4.69) is 10.4 Å². The molecule has 0 aliphatic carbocycles. The molecule has 140 valence electrons. The van der Waals surface area contributed by atoms with Crippen molar-refractivity contribution in [1.82, 2.24) is 9.78 Å². The Hall–Kier alpha value is -2.34. The molecule has 0 unspecified atom stereocenters. The van der Waals surface area contributed by atoms with Gasteiger partial charge in [-0.2, -0.15) is 5.10 Å². The molecule has 6 nitrogen and oxygen atoms in total. The molecular formula is C19H24ClN3O3. The van der Waals surface area contributed by atoms with Gasteiger partial charge in [0.1, 0.15) is 10.7 Å². The molecule has 0 aliphatic heterocycles. The number of hydrogen-bond donors (Lipinski definition) is 1. The summed E-state index contributed by atoms with van der Waals surface area (Å²) in [5.74, 6) is -0.741. The highest BCUT2D eigenvalue weighted by molar-refractivity contribution is 6.32. The molecule has 2 aromatic rings. The number of ether oxygens (including phenoxy) is 1. The number of anilines is 1. The van der Waals surface area contributed by atoms with Gasteiger partial charge in [0.05, 0.1) is 5.69 Å². The van der Waals surface area contributed by atoms with Gasteiger partial charge < -0.3 is 10.1 Å². The van der Waals surface area contributed by atoms with E-state index in [1.807, 2.05) is 32.9 Å². The lowest BCUT2D eigenvalue weighted by molar-refractivity contribution is -0.123. The van der Waals surface area contributed by atoms with Crippen LogP contribution >= 0.6 is 11.6 Å². The van der Waals surface area contributed by atoms with E-state index in [1.165, 1.54) is 6.92 Å². The SMILES string of the molecule is Cc1ccc(NC(=O)[C@@H](C)OC(=O)c2c(C)nn(CC(C)C)c2Cl)cc1. The number of amides is 1. The van der Waals surface area contributed by atoms with Gasteiger partial charge in [-0.05, 0) is 38.8 Å². The smallest absolute Gasteiger partial charge is 0.343 e. The molecule has 0 bridgehead atoms. The summed E-state index contributed by atoms with van der Waals surface area (Å²) in [4.78, 5) is 24.7. The molecule has 0 saturated carbocycles. The van der Waals surface area contributed by atoms with E-state index in [1.54, 1.807) is 23.7 Å². The molecule has 1 atom stereocenters. The number of esters is 1. The van der Waals surface area contributed by atoms with Gasteiger partial charge in [-0.15, -0.1) is 0 Å². The normalized spacial score (nSPS) is 12.1. The lowest BCUT2D eigenvalue weighted by atomic mass is 10.2. The second-order valence-corrected chi connectivity index (χ2v) is 7.09. The highest BCUT2D eigenvalue weighted by Crippen LogP contribution is 2.22. The third-order valence-corrected chi connectivity index (χ3v) is 4.16. The second kappa shape index (κ2) is 8.36. The van der Waals surface area contributed by atoms with Crippen LogP contribution in [0, 0.1) is 19.8 Å². The summed E-state index contributed by atoms with van der Waals surface area (Å²) in [7, 11) is 0. The number of aryl methyl sites for hydroxylation is 2. The average Bonchev–Trinajstić information content (AvgIpc) is 2.82. The minimum Gasteiger partial charge on any atom is -0.449 e. The van der Waals surface area contributed by atoms with Crippen LogP contribution in [-0.2, 0) is 16.1 Å². The van der Waals surface area contributed by atoms with Gasteiger partial charge in [-0.25, -0.2) is 4.79 Å². The number of halogens is 1. The van der Waals surface area contributed by atoms with E-state index >= 15 is 0 Å². The minimum absolute atomic E-state index is 0.197. The molecule has 7 heteroatoms. The topological polar surface area (TPSA) is 73.2 Å². The average molecular weight is 378 g/mol. The lowest BCUT2D eigenvalue weighted by Gasteiger charge is -2.13. The summed E-state index contributed by atoms with van der Waals surface area (Å²) in [5.41, 5.74) is 2.41. The third kappa shape index (κ3) is 4.85. The molecule has 0 aliphatic rings. The Balaban J connectivity index is 2.05. The number of rotatable bonds is 6. The van der Waals surface area contributed by atoms with Crippen LogP contribution in [0.5, 0.6) is 0 Å². The van der Waals surface area contributed by atoms with Crippen LogP contribution in [0.4, 0.5) is 5.69 Å². The van der Waals surface area contributed by atoms with Crippen LogP contribution in [0.1, 0.15) is 42.4 Å². The van der Waals surface area contributed by atoms with Gasteiger partial charge in [0.2, 0.25) is 0 Å². The lowest BCUT2D eigenvalue weighted by Crippen LogP contribution is -2.30. The van der Waals surface area contributed by atoms with Crippen molar-refractivity contribution in [3.8, 4) is 0 Å². The molecular weight excluding hydrogens is 354 g/mol. The van der Waals surface area contributed by atoms with Gasteiger partial charge in [-0.3, -0.25) is 9.48 Å². The zero-order valence-corrected chi connectivity index (χ0v) is 16.4. The van der Waals surface area contributed by atoms with Crippen LogP contribution < -0.4 is 5.32 Å². The zero-order valence-electron chi connectivity index (χ0n) is 15.7. The van der Waals surface area contributed by atoms with E-state index in [9.17, 15) is 9.59 Å². The Morgan fingerprint density at radius 1 is 1.19 bits per heavy atom. The first kappa shape index (κ1) is 20.0. The first-order valence-corrected chi connectivity index (χ1v) is 8.88. The molecule has 0 spiro atoms. The summed E-state index contributed by atoms with van der Waals surface area (Å²) in [6.45, 7) is 9.82. The molecule has 1 N–H and O–H groups in total. The van der Waals surface area contributed by atoms with Crippen LogP contribution in [0.2, 0.25) is 5.15 Å². The predicted molar refractivity (Wildman–Crippen MR) is 101 cm³/mol. The molecule has 0 saturated heterocycles. The fraction of sp³-hybridized carbons (Fsp3) is 0.421. The number of carbonyl (C=O) groups is 2. The predicted octanol–water partition coefficient (Wildman–Crippen LogP) is 3.99. The number of nitrogens with one attached hydrogen (secondary N) is 1. The molecule has 0 fully saturated rings. The summed E-state index contributed by atoms with van der Waals surface area (Å²) in [6.07, 6.45) is -0.965. The number of nitrogens with zero attached hydrogens (tertiary/aromatic N) is 2. The highest BCUT2D eigenvalue weighted by Gasteiger charge is 2.26. The van der Waals surface area contributed by atoms with E-state index in [-0.39, 0.29) is 10.7 Å². The van der Waals surface area contributed by atoms with Gasteiger partial charge in [0.15, 0.2) is 6.10 Å². The maximum Gasteiger partial charge on any atom is 0.343 e. The molecule has 1 aromatic carbocycles. The molecule has 26 heavy (non-hydrogen) atoms. The molecule has 2 rings (SSSR count). The van der Waals surface area contributed by atoms with Crippen LogP contribution in [0.15, 0.2) is 24.3 Å². The number of hydrogen-bond acceptors (Lipinski definition) is 4. The first-order valence-electron chi connectivity index (χ1n) is 8.50. The fourth-order valence-electron chi connectivity index (χ4n) is 2.41. The largest absolute Gasteiger partial charge is 0.449 e. The van der Waals surface area contributed by atoms with Crippen LogP contribution in [0.25, 0.3) is 0 Å². The van der Waals surface area contributed by atoms with Crippen molar-refractivity contribution in [1.29, 1.82) is 0 Å². The zero-order chi connectivity index (χ0) is 19.4. The Kier molecular flexibility index (Phi) is 6.42. The second-order valence-electron chi connectivity index (χ2n) is 6.73. The number of aromatic nitrogens is 2. The van der Waals surface area contributed by atoms with Crippen molar-refractivity contribution < 1.29 is 14.3 Å². The van der Waals surface area contributed by atoms with Crippen LogP contribution in [-0.4, -0.2) is 27.8 Å². The Morgan fingerprint density at radius 3 is 2.38 bits per heavy atom. The van der Waals surface area contributed by atoms with Crippen molar-refractivity contribution in [2.24, 2.45) is 5.92 Å². The van der Waals surface area contributed by atoms with Crippen molar-refractivity contribution in [3.63, 3.8) is 0 Å². The van der Waals surface area contributed by atoms with Gasteiger partial charge in [-0.1, -0.05) is 43.1 Å². The quantitative estimate of drug-likeness (QED) is 0.772. The van der Waals surface area contributed by atoms with Crippen molar-refractivity contribution in [3.05, 3.63) is 46.2 Å². The summed E-state index contributed by atoms with van der Waals surface area (Å²) < 4.78 is 6.86. The first-order chi connectivity index (χ1) is 12.2. The minimum atomic E-state index is -0.965. The van der Waals surface area contributed by atoms with Gasteiger partial charge in [0.25, 0.3) is 5.91 Å². The Labute approximate surface area is 158 Å². The summed E-state index contributed by atoms with van der Waals surface area (Å²) >= 11 is 6.28. The van der Waals surface area contributed by atoms with Crippen molar-refractivity contribution in [2.45, 2.75) is 47.3 Å². The number of benzene rings is 1. The monoisotopic (exact) mass is 377 g/mol. The third-order valence-electron chi connectivity index (χ3n) is 3.78. The van der Waals surface area contributed by atoms with E-state index in [4.69, 9.17) is 16.3 Å².